The van der Waals surface area contributed by atoms with Crippen LogP contribution < -0.4 is 10.1 Å². The Morgan fingerprint density at radius 1 is 1.42 bits per heavy atom. The molecule has 0 amide bonds. The van der Waals surface area contributed by atoms with Crippen LogP contribution in [0.3, 0.4) is 0 Å². The smallest absolute Gasteiger partial charge is 0.119 e. The molecule has 0 radical (unpaired) electrons. The Morgan fingerprint density at radius 3 is 2.84 bits per heavy atom. The monoisotopic (exact) mass is 301 g/mol. The lowest BCUT2D eigenvalue weighted by molar-refractivity contribution is 0.107. The van der Waals surface area contributed by atoms with E-state index in [9.17, 15) is 5.11 Å². The lowest BCUT2D eigenvalue weighted by atomic mass is 10.3. The maximum absolute atomic E-state index is 9.73. The first-order chi connectivity index (χ1) is 9.22. The average Bonchev–Trinajstić information content (AvgIpc) is 2.42. The van der Waals surface area contributed by atoms with E-state index in [0.717, 1.165) is 18.1 Å². The van der Waals surface area contributed by atoms with Crippen LogP contribution in [0, 0.1) is 0 Å². The number of thioether (sulfide) groups is 1. The van der Waals surface area contributed by atoms with E-state index < -0.39 is 6.10 Å². The highest BCUT2D eigenvalue weighted by atomic mass is 35.5. The summed E-state index contributed by atoms with van der Waals surface area (Å²) < 4.78 is 5.45. The van der Waals surface area contributed by atoms with Gasteiger partial charge in [0.2, 0.25) is 0 Å². The van der Waals surface area contributed by atoms with Crippen LogP contribution in [0.2, 0.25) is 5.02 Å². The van der Waals surface area contributed by atoms with Crippen molar-refractivity contribution in [3.05, 3.63) is 41.9 Å². The van der Waals surface area contributed by atoms with Gasteiger partial charge in [-0.15, -0.1) is 6.58 Å². The zero-order valence-electron chi connectivity index (χ0n) is 10.8. The number of nitrogens with one attached hydrogen (secondary N) is 1. The molecule has 19 heavy (non-hydrogen) atoms. The highest BCUT2D eigenvalue weighted by Crippen LogP contribution is 2.15. The molecule has 1 unspecified atom stereocenters. The minimum atomic E-state index is -0.514. The Morgan fingerprint density at radius 2 is 2.16 bits per heavy atom. The number of rotatable bonds is 10. The molecule has 0 saturated heterocycles. The van der Waals surface area contributed by atoms with Gasteiger partial charge in [-0.25, -0.2) is 0 Å². The molecule has 1 aromatic carbocycles. The molecule has 0 bridgehead atoms. The van der Waals surface area contributed by atoms with Crippen molar-refractivity contribution in [3.8, 4) is 5.75 Å². The van der Waals surface area contributed by atoms with E-state index in [4.69, 9.17) is 16.3 Å². The maximum atomic E-state index is 9.73. The molecular weight excluding hydrogens is 282 g/mol. The highest BCUT2D eigenvalue weighted by Gasteiger charge is 2.04. The van der Waals surface area contributed by atoms with Crippen molar-refractivity contribution in [3.63, 3.8) is 0 Å². The van der Waals surface area contributed by atoms with Gasteiger partial charge in [0.15, 0.2) is 0 Å². The van der Waals surface area contributed by atoms with Crippen LogP contribution in [0.1, 0.15) is 0 Å². The Kier molecular flexibility index (Phi) is 8.75. The zero-order valence-corrected chi connectivity index (χ0v) is 12.4. The predicted molar refractivity (Wildman–Crippen MR) is 83.3 cm³/mol. The molecule has 0 spiro atoms. The van der Waals surface area contributed by atoms with Gasteiger partial charge in [0.1, 0.15) is 18.5 Å². The number of aliphatic hydroxyl groups is 1. The van der Waals surface area contributed by atoms with Crippen molar-refractivity contribution in [1.82, 2.24) is 5.32 Å². The molecule has 0 saturated carbocycles. The van der Waals surface area contributed by atoms with Gasteiger partial charge < -0.3 is 15.2 Å². The number of aliphatic hydroxyl groups excluding tert-OH is 1. The van der Waals surface area contributed by atoms with Crippen molar-refractivity contribution in [2.75, 3.05) is 31.2 Å². The number of ether oxygens (including phenoxy) is 1. The maximum Gasteiger partial charge on any atom is 0.119 e. The number of hydrogen-bond donors (Lipinski definition) is 2. The normalized spacial score (nSPS) is 12.1. The largest absolute Gasteiger partial charge is 0.491 e. The number of hydrogen-bond acceptors (Lipinski definition) is 4. The van der Waals surface area contributed by atoms with Crippen molar-refractivity contribution >= 4 is 23.4 Å². The molecule has 0 aromatic heterocycles. The van der Waals surface area contributed by atoms with E-state index in [0.29, 0.717) is 17.3 Å². The van der Waals surface area contributed by atoms with E-state index in [1.807, 2.05) is 17.8 Å². The molecule has 0 aliphatic heterocycles. The molecular formula is C14H20ClNO2S. The predicted octanol–water partition coefficient (Wildman–Crippen LogP) is 2.59. The van der Waals surface area contributed by atoms with Crippen LogP contribution in [0.15, 0.2) is 36.9 Å². The summed E-state index contributed by atoms with van der Waals surface area (Å²) in [5.41, 5.74) is 0. The topological polar surface area (TPSA) is 41.5 Å². The zero-order chi connectivity index (χ0) is 13.9. The molecule has 1 aromatic rings. The average molecular weight is 302 g/mol. The third-order valence-electron chi connectivity index (χ3n) is 2.29. The van der Waals surface area contributed by atoms with E-state index in [2.05, 4.69) is 11.9 Å². The summed E-state index contributed by atoms with van der Waals surface area (Å²) in [5.74, 6) is 2.69. The van der Waals surface area contributed by atoms with Crippen LogP contribution in [-0.2, 0) is 0 Å². The van der Waals surface area contributed by atoms with Gasteiger partial charge in [0, 0.05) is 29.6 Å². The fraction of sp³-hybridized carbons (Fsp3) is 0.429. The van der Waals surface area contributed by atoms with Gasteiger partial charge in [0.25, 0.3) is 0 Å². The quantitative estimate of drug-likeness (QED) is 0.515. The third kappa shape index (κ3) is 8.16. The second-order valence-electron chi connectivity index (χ2n) is 3.99. The first-order valence-electron chi connectivity index (χ1n) is 6.18. The Hall–Kier alpha value is -0.680. The van der Waals surface area contributed by atoms with Gasteiger partial charge in [-0.2, -0.15) is 11.8 Å². The molecule has 1 rings (SSSR count). The number of benzene rings is 1. The lowest BCUT2D eigenvalue weighted by Crippen LogP contribution is -2.32. The summed E-state index contributed by atoms with van der Waals surface area (Å²) in [6.45, 7) is 5.33. The van der Waals surface area contributed by atoms with Crippen molar-refractivity contribution in [1.29, 1.82) is 0 Å². The van der Waals surface area contributed by atoms with Crippen LogP contribution in [0.25, 0.3) is 0 Å². The number of halogens is 1. The molecule has 1 atom stereocenters. The summed E-state index contributed by atoms with van der Waals surface area (Å²) in [6, 6.07) is 7.10. The van der Waals surface area contributed by atoms with Crippen LogP contribution in [-0.4, -0.2) is 42.4 Å². The van der Waals surface area contributed by atoms with Crippen LogP contribution in [0.5, 0.6) is 5.75 Å². The van der Waals surface area contributed by atoms with Crippen molar-refractivity contribution in [2.24, 2.45) is 0 Å². The minimum absolute atomic E-state index is 0.272. The summed E-state index contributed by atoms with van der Waals surface area (Å²) in [7, 11) is 0. The van der Waals surface area contributed by atoms with E-state index in [1.54, 1.807) is 24.3 Å². The standard InChI is InChI=1S/C14H20ClNO2S/c1-2-8-19-9-7-16-10-13(17)11-18-14-5-3-12(15)4-6-14/h2-6,13,16-17H,1,7-11H2. The van der Waals surface area contributed by atoms with Crippen molar-refractivity contribution < 1.29 is 9.84 Å². The molecule has 3 nitrogen and oxygen atoms in total. The molecule has 0 fully saturated rings. The fourth-order valence-electron chi connectivity index (χ4n) is 1.36. The Labute approximate surface area is 124 Å². The van der Waals surface area contributed by atoms with Crippen molar-refractivity contribution in [2.45, 2.75) is 6.10 Å². The summed E-state index contributed by atoms with van der Waals surface area (Å²) in [5, 5.41) is 13.6. The van der Waals surface area contributed by atoms with Gasteiger partial charge in [0.05, 0.1) is 0 Å². The lowest BCUT2D eigenvalue weighted by Gasteiger charge is -2.13. The van der Waals surface area contributed by atoms with Gasteiger partial charge in [-0.1, -0.05) is 17.7 Å². The van der Waals surface area contributed by atoms with Gasteiger partial charge in [-0.3, -0.25) is 0 Å². The second-order valence-corrected chi connectivity index (χ2v) is 5.57. The molecule has 0 aliphatic rings. The summed E-state index contributed by atoms with van der Waals surface area (Å²) >= 11 is 7.58. The summed E-state index contributed by atoms with van der Waals surface area (Å²) in [4.78, 5) is 0. The SMILES string of the molecule is C=CCSCCNCC(O)COc1ccc(Cl)cc1. The van der Waals surface area contributed by atoms with Crippen LogP contribution in [0.4, 0.5) is 0 Å². The Bertz CT molecular complexity index is 359. The van der Waals surface area contributed by atoms with Gasteiger partial charge in [-0.05, 0) is 24.3 Å². The second kappa shape index (κ2) is 10.1. The van der Waals surface area contributed by atoms with Crippen LogP contribution >= 0.6 is 23.4 Å². The first kappa shape index (κ1) is 16.4. The first-order valence-corrected chi connectivity index (χ1v) is 7.71. The molecule has 0 aliphatic carbocycles. The van der Waals surface area contributed by atoms with E-state index in [1.165, 1.54) is 0 Å². The minimum Gasteiger partial charge on any atom is -0.491 e. The fourth-order valence-corrected chi connectivity index (χ4v) is 2.11. The Balaban J connectivity index is 2.06. The molecule has 0 heterocycles. The van der Waals surface area contributed by atoms with E-state index in [-0.39, 0.29) is 6.61 Å². The highest BCUT2D eigenvalue weighted by molar-refractivity contribution is 7.99. The molecule has 5 heteroatoms. The van der Waals surface area contributed by atoms with E-state index >= 15 is 0 Å². The molecule has 106 valence electrons. The molecule has 2 N–H and O–H groups in total. The van der Waals surface area contributed by atoms with Gasteiger partial charge >= 0.3 is 0 Å². The summed E-state index contributed by atoms with van der Waals surface area (Å²) in [6.07, 6.45) is 1.37. The third-order valence-corrected chi connectivity index (χ3v) is 3.51.